The summed E-state index contributed by atoms with van der Waals surface area (Å²) in [4.78, 5) is 23.2. The fourth-order valence-corrected chi connectivity index (χ4v) is 1.94. The summed E-state index contributed by atoms with van der Waals surface area (Å²) in [7, 11) is 0. The lowest BCUT2D eigenvalue weighted by Crippen LogP contribution is -2.05. The lowest BCUT2D eigenvalue weighted by molar-refractivity contribution is -0.116. The van der Waals surface area contributed by atoms with Crippen molar-refractivity contribution in [3.63, 3.8) is 0 Å². The highest BCUT2D eigenvalue weighted by Gasteiger charge is 2.31. The third-order valence-corrected chi connectivity index (χ3v) is 2.61. The molecule has 1 heterocycles. The van der Waals surface area contributed by atoms with Crippen LogP contribution in [0.2, 0.25) is 0 Å². The zero-order valence-electron chi connectivity index (χ0n) is 9.90. The van der Waals surface area contributed by atoms with Crippen LogP contribution in [0.25, 0.3) is 0 Å². The second-order valence-corrected chi connectivity index (χ2v) is 4.37. The fourth-order valence-electron chi connectivity index (χ4n) is 1.94. The first-order valence-corrected chi connectivity index (χ1v) is 5.55. The van der Waals surface area contributed by atoms with Crippen molar-refractivity contribution < 1.29 is 14.3 Å². The second-order valence-electron chi connectivity index (χ2n) is 4.37. The van der Waals surface area contributed by atoms with Crippen molar-refractivity contribution in [2.75, 3.05) is 0 Å². The third kappa shape index (κ3) is 2.44. The predicted molar refractivity (Wildman–Crippen MR) is 63.7 cm³/mol. The van der Waals surface area contributed by atoms with Gasteiger partial charge in [-0.3, -0.25) is 4.79 Å². The first kappa shape index (κ1) is 11.6. The largest absolute Gasteiger partial charge is 0.453 e. The number of benzene rings is 1. The Morgan fingerprint density at radius 2 is 2.06 bits per heavy atom. The number of fused-ring (bicyclic) bond motifs is 1. The van der Waals surface area contributed by atoms with E-state index in [-0.39, 0.29) is 18.2 Å². The number of rotatable bonds is 3. The van der Waals surface area contributed by atoms with E-state index >= 15 is 0 Å². The van der Waals surface area contributed by atoms with Gasteiger partial charge in [0.1, 0.15) is 6.10 Å². The van der Waals surface area contributed by atoms with Crippen LogP contribution in [-0.2, 0) is 9.53 Å². The van der Waals surface area contributed by atoms with E-state index < -0.39 is 6.10 Å². The van der Waals surface area contributed by atoms with E-state index in [1.165, 1.54) is 0 Å². The Morgan fingerprint density at radius 1 is 1.35 bits per heavy atom. The van der Waals surface area contributed by atoms with Gasteiger partial charge < -0.3 is 4.74 Å². The van der Waals surface area contributed by atoms with E-state index in [9.17, 15) is 9.59 Å². The molecule has 0 saturated heterocycles. The van der Waals surface area contributed by atoms with E-state index in [0.29, 0.717) is 5.56 Å². The number of ether oxygens (including phenoxy) is 1. The smallest absolute Gasteiger partial charge is 0.339 e. The third-order valence-electron chi connectivity index (χ3n) is 2.61. The maximum Gasteiger partial charge on any atom is 0.339 e. The molecule has 1 aliphatic heterocycles. The number of esters is 1. The quantitative estimate of drug-likeness (QED) is 0.592. The maximum atomic E-state index is 11.7. The highest BCUT2D eigenvalue weighted by atomic mass is 16.5. The van der Waals surface area contributed by atoms with E-state index in [2.05, 4.69) is 0 Å². The molecule has 0 aliphatic carbocycles. The standard InChI is InChI=1S/C14H14O3/c1-9(2)7-10(15)8-13-11-5-3-4-6-12(11)14(16)17-13/h3-7,13H,8H2,1-2H3/t13-/m1/s1. The molecule has 3 nitrogen and oxygen atoms in total. The van der Waals surface area contributed by atoms with Crippen LogP contribution in [0.1, 0.15) is 42.3 Å². The molecular weight excluding hydrogens is 216 g/mol. The van der Waals surface area contributed by atoms with Gasteiger partial charge in [-0.25, -0.2) is 4.79 Å². The molecule has 3 heteroatoms. The van der Waals surface area contributed by atoms with Crippen molar-refractivity contribution in [2.45, 2.75) is 26.4 Å². The molecule has 0 N–H and O–H groups in total. The molecule has 1 aromatic rings. The number of hydrogen-bond donors (Lipinski definition) is 0. The van der Waals surface area contributed by atoms with Crippen molar-refractivity contribution in [3.8, 4) is 0 Å². The number of cyclic esters (lactones) is 1. The Bertz CT molecular complexity index is 496. The summed E-state index contributed by atoms with van der Waals surface area (Å²) in [5, 5.41) is 0. The van der Waals surface area contributed by atoms with Gasteiger partial charge in [0.15, 0.2) is 5.78 Å². The lowest BCUT2D eigenvalue weighted by atomic mass is 10.0. The molecule has 0 bridgehead atoms. The van der Waals surface area contributed by atoms with Gasteiger partial charge >= 0.3 is 5.97 Å². The van der Waals surface area contributed by atoms with Crippen LogP contribution in [0.5, 0.6) is 0 Å². The molecule has 0 amide bonds. The van der Waals surface area contributed by atoms with Crippen LogP contribution in [-0.4, -0.2) is 11.8 Å². The highest BCUT2D eigenvalue weighted by Crippen LogP contribution is 2.32. The SMILES string of the molecule is CC(C)=CC(=O)C[C@H]1OC(=O)c2ccccc21. The number of ketones is 1. The predicted octanol–water partition coefficient (Wildman–Crippen LogP) is 2.82. The highest BCUT2D eigenvalue weighted by molar-refractivity contribution is 5.96. The minimum Gasteiger partial charge on any atom is -0.453 e. The monoisotopic (exact) mass is 230 g/mol. The molecule has 0 fully saturated rings. The Hall–Kier alpha value is -1.90. The van der Waals surface area contributed by atoms with E-state index in [1.54, 1.807) is 18.2 Å². The fraction of sp³-hybridized carbons (Fsp3) is 0.286. The molecule has 0 radical (unpaired) electrons. The number of carbonyl (C=O) groups is 2. The minimum atomic E-state index is -0.429. The summed E-state index contributed by atoms with van der Waals surface area (Å²) in [6, 6.07) is 7.20. The summed E-state index contributed by atoms with van der Waals surface area (Å²) in [6.45, 7) is 3.74. The number of allylic oxidation sites excluding steroid dienone is 2. The van der Waals surface area contributed by atoms with Crippen LogP contribution in [0.4, 0.5) is 0 Å². The first-order valence-electron chi connectivity index (χ1n) is 5.55. The average molecular weight is 230 g/mol. The van der Waals surface area contributed by atoms with Crippen molar-refractivity contribution in [2.24, 2.45) is 0 Å². The van der Waals surface area contributed by atoms with Crippen LogP contribution >= 0.6 is 0 Å². The number of carbonyl (C=O) groups excluding carboxylic acids is 2. The van der Waals surface area contributed by atoms with Crippen LogP contribution in [0.15, 0.2) is 35.9 Å². The molecule has 0 spiro atoms. The van der Waals surface area contributed by atoms with Crippen molar-refractivity contribution in [3.05, 3.63) is 47.0 Å². The Kier molecular flexibility index (Phi) is 3.09. The van der Waals surface area contributed by atoms with Crippen molar-refractivity contribution in [1.29, 1.82) is 0 Å². The first-order chi connectivity index (χ1) is 8.08. The van der Waals surface area contributed by atoms with Gasteiger partial charge in [0, 0.05) is 5.56 Å². The molecule has 2 rings (SSSR count). The van der Waals surface area contributed by atoms with Crippen LogP contribution in [0, 0.1) is 0 Å². The summed E-state index contributed by atoms with van der Waals surface area (Å²) in [5.74, 6) is -0.352. The van der Waals surface area contributed by atoms with Gasteiger partial charge in [0.25, 0.3) is 0 Å². The molecule has 1 aliphatic rings. The van der Waals surface area contributed by atoms with Crippen molar-refractivity contribution >= 4 is 11.8 Å². The molecular formula is C14H14O3. The Labute approximate surface area is 100 Å². The van der Waals surface area contributed by atoms with Gasteiger partial charge in [-0.2, -0.15) is 0 Å². The maximum absolute atomic E-state index is 11.7. The summed E-state index contributed by atoms with van der Waals surface area (Å²) >= 11 is 0. The molecule has 88 valence electrons. The summed E-state index contributed by atoms with van der Waals surface area (Å²) < 4.78 is 5.19. The summed E-state index contributed by atoms with van der Waals surface area (Å²) in [5.41, 5.74) is 2.34. The molecule has 0 saturated carbocycles. The van der Waals surface area contributed by atoms with Crippen LogP contribution in [0.3, 0.4) is 0 Å². The van der Waals surface area contributed by atoms with Gasteiger partial charge in [-0.1, -0.05) is 23.8 Å². The van der Waals surface area contributed by atoms with E-state index in [1.807, 2.05) is 26.0 Å². The topological polar surface area (TPSA) is 43.4 Å². The lowest BCUT2D eigenvalue weighted by Gasteiger charge is -2.08. The summed E-state index contributed by atoms with van der Waals surface area (Å²) in [6.07, 6.45) is 1.37. The minimum absolute atomic E-state index is 0.0143. The van der Waals surface area contributed by atoms with Gasteiger partial charge in [-0.15, -0.1) is 0 Å². The molecule has 17 heavy (non-hydrogen) atoms. The Morgan fingerprint density at radius 3 is 2.76 bits per heavy atom. The molecule has 0 unspecified atom stereocenters. The van der Waals surface area contributed by atoms with Gasteiger partial charge in [0.05, 0.1) is 12.0 Å². The Balaban J connectivity index is 2.18. The van der Waals surface area contributed by atoms with Gasteiger partial charge in [0.2, 0.25) is 0 Å². The van der Waals surface area contributed by atoms with Gasteiger partial charge in [-0.05, 0) is 26.0 Å². The van der Waals surface area contributed by atoms with Crippen LogP contribution < -0.4 is 0 Å². The zero-order chi connectivity index (χ0) is 12.4. The molecule has 0 aromatic heterocycles. The average Bonchev–Trinajstić information content (AvgIpc) is 2.55. The zero-order valence-corrected chi connectivity index (χ0v) is 9.90. The second kappa shape index (κ2) is 4.53. The van der Waals surface area contributed by atoms with E-state index in [4.69, 9.17) is 4.74 Å². The van der Waals surface area contributed by atoms with E-state index in [0.717, 1.165) is 11.1 Å². The molecule has 1 aromatic carbocycles. The normalized spacial score (nSPS) is 17.3. The molecule has 1 atom stereocenters. The number of hydrogen-bond acceptors (Lipinski definition) is 3. The van der Waals surface area contributed by atoms with Crippen molar-refractivity contribution in [1.82, 2.24) is 0 Å².